The molecule has 186 valence electrons. The number of hydrogen-bond donors (Lipinski definition) is 2. The summed E-state index contributed by atoms with van der Waals surface area (Å²) in [4.78, 5) is 47.3. The van der Waals surface area contributed by atoms with Crippen molar-refractivity contribution in [2.45, 2.75) is 19.8 Å². The highest BCUT2D eigenvalue weighted by Gasteiger charge is 2.31. The average molecular weight is 528 g/mol. The zero-order valence-electron chi connectivity index (χ0n) is 19.0. The van der Waals surface area contributed by atoms with E-state index in [9.17, 15) is 29.8 Å². The van der Waals surface area contributed by atoms with Crippen LogP contribution in [0.1, 0.15) is 25.3 Å². The monoisotopic (exact) mass is 527 g/mol. The lowest BCUT2D eigenvalue weighted by atomic mass is 10.1. The first kappa shape index (κ1) is 26.5. The molecule has 3 rings (SSSR count). The van der Waals surface area contributed by atoms with Crippen molar-refractivity contribution in [2.75, 3.05) is 12.0 Å². The second kappa shape index (κ2) is 12.0. The summed E-state index contributed by atoms with van der Waals surface area (Å²) in [6.45, 7) is 2.13. The number of carbonyl (C=O) groups excluding carboxylic acids is 2. The van der Waals surface area contributed by atoms with E-state index < -0.39 is 27.1 Å². The number of thiocarbonyl (C=S) groups is 1. The summed E-state index contributed by atoms with van der Waals surface area (Å²) in [5.74, 6) is -0.712. The number of thioether (sulfide) groups is 1. The van der Waals surface area contributed by atoms with E-state index in [0.29, 0.717) is 15.6 Å². The van der Waals surface area contributed by atoms with Crippen LogP contribution >= 0.6 is 24.0 Å². The molecule has 0 bridgehead atoms. The highest BCUT2D eigenvalue weighted by Crippen LogP contribution is 2.32. The topological polar surface area (TPSA) is 148 Å². The van der Waals surface area contributed by atoms with Crippen molar-refractivity contribution in [2.24, 2.45) is 0 Å². The molecule has 1 saturated heterocycles. The van der Waals surface area contributed by atoms with Crippen LogP contribution in [0.3, 0.4) is 0 Å². The number of rotatable bonds is 10. The van der Waals surface area contributed by atoms with E-state index in [1.807, 2.05) is 43.3 Å². The predicted molar refractivity (Wildman–Crippen MR) is 141 cm³/mol. The van der Waals surface area contributed by atoms with Gasteiger partial charge in [-0.05, 0) is 36.6 Å². The Labute approximate surface area is 215 Å². The number of benzene rings is 2. The Balaban J connectivity index is 1.52. The second-order valence-electron chi connectivity index (χ2n) is 7.62. The van der Waals surface area contributed by atoms with Gasteiger partial charge >= 0.3 is 5.69 Å². The van der Waals surface area contributed by atoms with Gasteiger partial charge in [-0.2, -0.15) is 0 Å². The van der Waals surface area contributed by atoms with Gasteiger partial charge in [-0.3, -0.25) is 45.6 Å². The first-order valence-electron chi connectivity index (χ1n) is 10.6. The van der Waals surface area contributed by atoms with Crippen molar-refractivity contribution in [1.29, 1.82) is 0 Å². The maximum Gasteiger partial charge on any atom is 0.300 e. The third kappa shape index (κ3) is 6.96. The molecule has 0 aliphatic carbocycles. The Bertz CT molecular complexity index is 1280. The molecule has 2 aromatic carbocycles. The van der Waals surface area contributed by atoms with E-state index in [1.54, 1.807) is 6.08 Å². The average Bonchev–Trinajstić information content (AvgIpc) is 3.10. The van der Waals surface area contributed by atoms with Crippen molar-refractivity contribution in [3.05, 3.63) is 90.9 Å². The molecule has 2 N–H and O–H groups in total. The van der Waals surface area contributed by atoms with Gasteiger partial charge in [0.2, 0.25) is 5.91 Å². The van der Waals surface area contributed by atoms with Gasteiger partial charge in [0.25, 0.3) is 11.6 Å². The van der Waals surface area contributed by atoms with E-state index >= 15 is 0 Å². The van der Waals surface area contributed by atoms with Crippen LogP contribution in [0.15, 0.2) is 65.1 Å². The van der Waals surface area contributed by atoms with Gasteiger partial charge in [-0.25, -0.2) is 0 Å². The van der Waals surface area contributed by atoms with Crippen molar-refractivity contribution >= 4 is 63.3 Å². The molecule has 2 amide bonds. The molecule has 0 radical (unpaired) electrons. The van der Waals surface area contributed by atoms with Crippen molar-refractivity contribution in [3.63, 3.8) is 0 Å². The Morgan fingerprint density at radius 3 is 2.53 bits per heavy atom. The van der Waals surface area contributed by atoms with E-state index in [4.69, 9.17) is 12.2 Å². The van der Waals surface area contributed by atoms with E-state index in [0.717, 1.165) is 29.3 Å². The van der Waals surface area contributed by atoms with E-state index in [2.05, 4.69) is 10.9 Å². The fourth-order valence-electron chi connectivity index (χ4n) is 3.24. The molecule has 1 fully saturated rings. The molecule has 11 nitrogen and oxygen atoms in total. The van der Waals surface area contributed by atoms with Gasteiger partial charge in [-0.1, -0.05) is 60.4 Å². The van der Waals surface area contributed by atoms with Crippen molar-refractivity contribution < 1.29 is 19.4 Å². The van der Waals surface area contributed by atoms with Crippen LogP contribution in [0, 0.1) is 20.2 Å². The number of nitro groups is 2. The number of carbonyl (C=O) groups is 2. The summed E-state index contributed by atoms with van der Waals surface area (Å²) in [7, 11) is 0. The summed E-state index contributed by atoms with van der Waals surface area (Å²) in [6, 6.07) is 12.7. The standard InChI is InChI=1S/C23H21N5O6S2/c1-15(12-16-6-3-2-4-7-16)13-20-22(30)26(23(35)36-20)11-5-8-21(29)25-24-18-10-9-17(27(31)32)14-19(18)28(33)34/h2-4,6-7,9-10,12-14,24H,5,8,11H2,1H3,(H,25,29). The van der Waals surface area contributed by atoms with E-state index in [-0.39, 0.29) is 24.6 Å². The fraction of sp³-hybridized carbons (Fsp3) is 0.174. The minimum Gasteiger partial charge on any atom is -0.293 e. The highest BCUT2D eigenvalue weighted by atomic mass is 32.2. The molecule has 1 aliphatic rings. The smallest absolute Gasteiger partial charge is 0.293 e. The fourth-order valence-corrected chi connectivity index (χ4v) is 4.60. The summed E-state index contributed by atoms with van der Waals surface area (Å²) >= 11 is 6.52. The highest BCUT2D eigenvalue weighted by molar-refractivity contribution is 8.26. The molecule has 13 heteroatoms. The summed E-state index contributed by atoms with van der Waals surface area (Å²) < 4.78 is 0.402. The first-order chi connectivity index (χ1) is 17.2. The maximum absolute atomic E-state index is 12.8. The molecule has 0 unspecified atom stereocenters. The lowest BCUT2D eigenvalue weighted by molar-refractivity contribution is -0.393. The normalized spacial score (nSPS) is 14.8. The minimum atomic E-state index is -0.791. The number of nitrogens with one attached hydrogen (secondary N) is 2. The van der Waals surface area contributed by atoms with Gasteiger partial charge < -0.3 is 0 Å². The molecule has 0 saturated carbocycles. The largest absolute Gasteiger partial charge is 0.300 e. The predicted octanol–water partition coefficient (Wildman–Crippen LogP) is 4.57. The SMILES string of the molecule is CC(=Cc1ccccc1)C=C1SC(=S)N(CCCC(=O)NNc2ccc([N+](=O)[O-])cc2[N+](=O)[O-])C1=O. The number of non-ortho nitro benzene ring substituents is 1. The third-order valence-electron chi connectivity index (χ3n) is 4.94. The maximum atomic E-state index is 12.8. The van der Waals surface area contributed by atoms with Crippen LogP contribution < -0.4 is 10.9 Å². The number of amides is 2. The summed E-state index contributed by atoms with van der Waals surface area (Å²) in [5.41, 5.74) is 5.56. The van der Waals surface area contributed by atoms with Crippen molar-refractivity contribution in [3.8, 4) is 0 Å². The molecular formula is C23H21N5O6S2. The van der Waals surface area contributed by atoms with E-state index in [1.165, 1.54) is 16.7 Å². The quantitative estimate of drug-likeness (QED) is 0.196. The Hall–Kier alpha value is -4.10. The zero-order valence-corrected chi connectivity index (χ0v) is 20.6. The Kier molecular flexibility index (Phi) is 8.86. The van der Waals surface area contributed by atoms with Gasteiger partial charge in [0.1, 0.15) is 10.0 Å². The molecule has 36 heavy (non-hydrogen) atoms. The molecular weight excluding hydrogens is 506 g/mol. The molecule has 0 spiro atoms. The zero-order chi connectivity index (χ0) is 26.2. The molecule has 0 atom stereocenters. The number of allylic oxidation sites excluding steroid dienone is 2. The summed E-state index contributed by atoms with van der Waals surface area (Å²) in [6.07, 6.45) is 4.05. The third-order valence-corrected chi connectivity index (χ3v) is 6.32. The molecule has 0 aromatic heterocycles. The number of hydrazine groups is 1. The van der Waals surface area contributed by atoms with Crippen LogP contribution in [0.4, 0.5) is 17.1 Å². The molecule has 1 aliphatic heterocycles. The number of nitro benzene ring substituents is 2. The molecule has 2 aromatic rings. The Morgan fingerprint density at radius 1 is 1.14 bits per heavy atom. The lowest BCUT2D eigenvalue weighted by Crippen LogP contribution is -2.32. The molecule has 1 heterocycles. The number of anilines is 1. The van der Waals surface area contributed by atoms with Crippen LogP contribution in [0.25, 0.3) is 6.08 Å². The summed E-state index contributed by atoms with van der Waals surface area (Å²) in [5, 5.41) is 22.0. The van der Waals surface area contributed by atoms with Gasteiger partial charge in [0.05, 0.1) is 20.8 Å². The second-order valence-corrected chi connectivity index (χ2v) is 9.30. The van der Waals surface area contributed by atoms with Gasteiger partial charge in [-0.15, -0.1) is 0 Å². The van der Waals surface area contributed by atoms with Crippen LogP contribution in [0.5, 0.6) is 0 Å². The van der Waals surface area contributed by atoms with Crippen molar-refractivity contribution in [1.82, 2.24) is 10.3 Å². The minimum absolute atomic E-state index is 0.0107. The lowest BCUT2D eigenvalue weighted by Gasteiger charge is -2.14. The van der Waals surface area contributed by atoms with Crippen LogP contribution in [0.2, 0.25) is 0 Å². The number of nitrogens with zero attached hydrogens (tertiary/aromatic N) is 3. The van der Waals surface area contributed by atoms with Gasteiger partial charge in [0.15, 0.2) is 0 Å². The first-order valence-corrected chi connectivity index (χ1v) is 11.8. The van der Waals surface area contributed by atoms with Crippen LogP contribution in [-0.2, 0) is 9.59 Å². The van der Waals surface area contributed by atoms with Crippen LogP contribution in [-0.4, -0.2) is 37.4 Å². The van der Waals surface area contributed by atoms with Gasteiger partial charge in [0, 0.05) is 19.0 Å². The Morgan fingerprint density at radius 2 is 1.86 bits per heavy atom. The number of hydrogen-bond acceptors (Lipinski definition) is 9.